The number of hydrogen-bond acceptors (Lipinski definition) is 0. The van der Waals surface area contributed by atoms with E-state index in [1.807, 2.05) is 0 Å². The smallest absolute Gasteiger partial charge is 0 e. The third-order valence-electron chi connectivity index (χ3n) is 0. The second-order valence-electron chi connectivity index (χ2n) is 0. The van der Waals surface area contributed by atoms with Gasteiger partial charge < -0.3 is 0 Å². The first-order chi connectivity index (χ1) is 0. The predicted molar refractivity (Wildman–Crippen MR) is 0 cm³/mol. The van der Waals surface area contributed by atoms with E-state index in [-0.39, 0.29) is 191 Å². The van der Waals surface area contributed by atoms with Gasteiger partial charge in [0.25, 0.3) is 0 Å². The Kier molecular flexibility index (Phi) is 831. The van der Waals surface area contributed by atoms with Gasteiger partial charge >= 0.3 is 0 Å². The maximum Gasteiger partial charge on any atom is 0 e. The topological polar surface area (TPSA) is 0 Å². The fourth-order valence-electron chi connectivity index (χ4n) is 0. The molecule has 0 amide bonds. The Balaban J connectivity index is 0. The molecular weight excluding hydrogens is 543 g/mol. The molecule has 0 radical (unpaired) electrons. The molecule has 0 unspecified atom stereocenters. The standard InChI is InChI=1S/Ar.9Fe. The zero-order valence-corrected chi connectivity index (χ0v) is 14.2. The zero-order chi connectivity index (χ0) is 0. The first-order valence-corrected chi connectivity index (χ1v) is 0. The van der Waals surface area contributed by atoms with Crippen LogP contribution >= 0.6 is 0 Å². The summed E-state index contributed by atoms with van der Waals surface area (Å²) in [6.07, 6.45) is 0. The van der Waals surface area contributed by atoms with Crippen LogP contribution in [-0.2, 0) is 154 Å². The third-order valence-corrected chi connectivity index (χ3v) is 0. The summed E-state index contributed by atoms with van der Waals surface area (Å²) in [5, 5.41) is 0. The van der Waals surface area contributed by atoms with Crippen molar-refractivity contribution in [3.05, 3.63) is 0 Å². The Bertz CT molecular complexity index is 4.69. The molecule has 0 aromatic heterocycles. The van der Waals surface area contributed by atoms with Crippen LogP contribution in [0.5, 0.6) is 0 Å². The van der Waals surface area contributed by atoms with E-state index in [2.05, 4.69) is 0 Å². The van der Waals surface area contributed by atoms with Gasteiger partial charge in [-0.2, -0.15) is 0 Å². The fourth-order valence-corrected chi connectivity index (χ4v) is 0. The SMILES string of the molecule is [Ar].[Fe].[Fe].[Fe].[Fe].[Fe].[Fe].[Fe].[Fe].[Fe]. The Morgan fingerprint density at radius 1 is 0.200 bits per heavy atom. The van der Waals surface area contributed by atoms with Crippen molar-refractivity contribution in [2.24, 2.45) is 0 Å². The molecule has 0 aliphatic heterocycles. The van der Waals surface area contributed by atoms with Crippen molar-refractivity contribution >= 4 is 0 Å². The first kappa shape index (κ1) is 101. The van der Waals surface area contributed by atoms with Crippen molar-refractivity contribution in [3.8, 4) is 0 Å². The van der Waals surface area contributed by atoms with E-state index < -0.39 is 0 Å². The average molecular weight is 543 g/mol. The molecule has 10 heavy (non-hydrogen) atoms. The van der Waals surface area contributed by atoms with E-state index in [9.17, 15) is 0 Å². The molecule has 0 nitrogen and oxygen atoms in total. The van der Waals surface area contributed by atoms with Crippen LogP contribution in [0.4, 0.5) is 0 Å². The maximum absolute atomic E-state index is 0. The van der Waals surface area contributed by atoms with Crippen LogP contribution in [-0.4, -0.2) is 0 Å². The summed E-state index contributed by atoms with van der Waals surface area (Å²) in [4.78, 5) is 0. The minimum Gasteiger partial charge on any atom is 0 e. The molecule has 0 saturated carbocycles. The van der Waals surface area contributed by atoms with Gasteiger partial charge in [-0.1, -0.05) is 0 Å². The quantitative estimate of drug-likeness (QED) is 0.378. The van der Waals surface area contributed by atoms with Gasteiger partial charge in [0.05, 0.1) is 0 Å². The molecule has 0 atom stereocenters. The Morgan fingerprint density at radius 2 is 0.200 bits per heavy atom. The van der Waals surface area contributed by atoms with Crippen LogP contribution in [0.25, 0.3) is 0 Å². The molecule has 0 heterocycles. The number of rotatable bonds is 0. The third kappa shape index (κ3) is 66.2. The Morgan fingerprint density at radius 3 is 0.200 bits per heavy atom. The summed E-state index contributed by atoms with van der Waals surface area (Å²) >= 11 is 0. The van der Waals surface area contributed by atoms with Crippen molar-refractivity contribution in [1.29, 1.82) is 0 Å². The average Bonchev–Trinajstić information content (AvgIpc) is 0. The summed E-state index contributed by atoms with van der Waals surface area (Å²) in [7, 11) is 0. The van der Waals surface area contributed by atoms with Gasteiger partial charge in [-0.15, -0.1) is 0 Å². The van der Waals surface area contributed by atoms with Crippen LogP contribution in [0.1, 0.15) is 0 Å². The minimum atomic E-state index is 0. The van der Waals surface area contributed by atoms with Gasteiger partial charge in [-0.3, -0.25) is 0 Å². The predicted octanol–water partition coefficient (Wildman–Crippen LogP) is -0.0225. The van der Waals surface area contributed by atoms with Crippen LogP contribution in [0.3, 0.4) is 0 Å². The van der Waals surface area contributed by atoms with Gasteiger partial charge in [-0.05, 0) is 0 Å². The largest absolute Gasteiger partial charge is 0 e. The van der Waals surface area contributed by atoms with Gasteiger partial charge in [0, 0.05) is 191 Å². The molecule has 0 aliphatic carbocycles. The molecule has 0 rings (SSSR count). The molecule has 0 fully saturated rings. The van der Waals surface area contributed by atoms with Crippen molar-refractivity contribution in [3.63, 3.8) is 0 Å². The van der Waals surface area contributed by atoms with Gasteiger partial charge in [0.1, 0.15) is 0 Å². The van der Waals surface area contributed by atoms with Crippen LogP contribution in [0.15, 0.2) is 0 Å². The fraction of sp³-hybridized carbons (Fsp3) is 0. The van der Waals surface area contributed by atoms with Crippen LogP contribution < -0.4 is 0 Å². The molecule has 80 valence electrons. The van der Waals surface area contributed by atoms with E-state index in [4.69, 9.17) is 0 Å². The molecule has 0 aliphatic rings. The van der Waals surface area contributed by atoms with E-state index in [0.29, 0.717) is 0 Å². The van der Waals surface area contributed by atoms with Crippen LogP contribution in [0, 0.1) is 37.7 Å². The molecule has 0 aromatic rings. The van der Waals surface area contributed by atoms with Crippen molar-refractivity contribution in [2.75, 3.05) is 0 Å². The van der Waals surface area contributed by atoms with Crippen molar-refractivity contribution in [1.82, 2.24) is 0 Å². The van der Waals surface area contributed by atoms with Crippen molar-refractivity contribution in [2.45, 2.75) is 0 Å². The van der Waals surface area contributed by atoms with Gasteiger partial charge in [0.15, 0.2) is 0 Å². The van der Waals surface area contributed by atoms with Crippen LogP contribution in [0.2, 0.25) is 0 Å². The monoisotopic (exact) mass is 543 g/mol. The molecule has 0 N–H and O–H groups in total. The van der Waals surface area contributed by atoms with Gasteiger partial charge in [-0.25, -0.2) is 0 Å². The summed E-state index contributed by atoms with van der Waals surface area (Å²) in [5.74, 6) is 0. The molecule has 0 aromatic carbocycles. The summed E-state index contributed by atoms with van der Waals surface area (Å²) in [5.41, 5.74) is 0. The van der Waals surface area contributed by atoms with E-state index in [0.717, 1.165) is 0 Å². The normalized spacial score (nSPS) is 0. The maximum atomic E-state index is 0. The second kappa shape index (κ2) is 82.3. The molecule has 0 spiro atoms. The van der Waals surface area contributed by atoms with E-state index >= 15 is 0 Å². The molecule has 10 heteroatoms. The second-order valence-corrected chi connectivity index (χ2v) is 0. The Labute approximate surface area is 187 Å². The zero-order valence-electron chi connectivity index (χ0n) is 3.54. The molecule has 0 saturated heterocycles. The summed E-state index contributed by atoms with van der Waals surface area (Å²) in [6, 6.07) is 0. The molecular formula is ArFe9. The van der Waals surface area contributed by atoms with Gasteiger partial charge in [0.2, 0.25) is 0 Å². The summed E-state index contributed by atoms with van der Waals surface area (Å²) < 4.78 is 0. The molecule has 0 bridgehead atoms. The van der Waals surface area contributed by atoms with Crippen molar-refractivity contribution < 1.29 is 191 Å². The first-order valence-electron chi connectivity index (χ1n) is 0. The van der Waals surface area contributed by atoms with E-state index in [1.165, 1.54) is 0 Å². The minimum absolute atomic E-state index is 0. The van der Waals surface area contributed by atoms with E-state index in [1.54, 1.807) is 0 Å². The number of hydrogen-bond donors (Lipinski definition) is 0. The summed E-state index contributed by atoms with van der Waals surface area (Å²) in [6.45, 7) is 0. The Hall–Kier alpha value is 5.94.